The van der Waals surface area contributed by atoms with Gasteiger partial charge in [0.05, 0.1) is 16.7 Å². The van der Waals surface area contributed by atoms with Crippen LogP contribution in [0.5, 0.6) is 0 Å². The molecule has 4 rings (SSSR count). The van der Waals surface area contributed by atoms with Gasteiger partial charge < -0.3 is 9.26 Å². The lowest BCUT2D eigenvalue weighted by Crippen LogP contribution is -2.35. The zero-order valence-electron chi connectivity index (χ0n) is 15.5. The van der Waals surface area contributed by atoms with Gasteiger partial charge in [-0.25, -0.2) is 0 Å². The number of imide groups is 1. The van der Waals surface area contributed by atoms with E-state index in [9.17, 15) is 27.6 Å². The third-order valence-electron chi connectivity index (χ3n) is 4.46. The summed E-state index contributed by atoms with van der Waals surface area (Å²) in [4.78, 5) is 41.3. The summed E-state index contributed by atoms with van der Waals surface area (Å²) in [5.74, 6) is -2.16. The van der Waals surface area contributed by atoms with Gasteiger partial charge in [0.25, 0.3) is 17.7 Å². The number of amides is 2. The number of alkyl halides is 3. The van der Waals surface area contributed by atoms with Gasteiger partial charge in [-0.2, -0.15) is 18.2 Å². The Kier molecular flexibility index (Phi) is 5.01. The van der Waals surface area contributed by atoms with Crippen LogP contribution in [0, 0.1) is 0 Å². The number of hydrogen-bond acceptors (Lipinski definition) is 7. The number of fused-ring (bicyclic) bond motifs is 1. The van der Waals surface area contributed by atoms with E-state index in [-0.39, 0.29) is 28.4 Å². The Morgan fingerprint density at radius 3 is 2.19 bits per heavy atom. The van der Waals surface area contributed by atoms with Crippen LogP contribution in [0.2, 0.25) is 0 Å². The van der Waals surface area contributed by atoms with Gasteiger partial charge in [-0.05, 0) is 24.3 Å². The summed E-state index contributed by atoms with van der Waals surface area (Å²) >= 11 is 0. The fourth-order valence-corrected chi connectivity index (χ4v) is 2.94. The Bertz CT molecular complexity index is 1140. The van der Waals surface area contributed by atoms with Crippen LogP contribution in [0.1, 0.15) is 32.2 Å². The number of aromatic nitrogens is 2. The molecule has 0 atom stereocenters. The van der Waals surface area contributed by atoms with Crippen molar-refractivity contribution >= 4 is 17.8 Å². The summed E-state index contributed by atoms with van der Waals surface area (Å²) in [5.41, 5.74) is -0.126. The summed E-state index contributed by atoms with van der Waals surface area (Å²) in [6.45, 7) is -1.03. The Labute approximate surface area is 172 Å². The molecule has 2 heterocycles. The molecular weight excluding hydrogens is 419 g/mol. The first-order valence-corrected chi connectivity index (χ1v) is 8.85. The van der Waals surface area contributed by atoms with Crippen LogP contribution < -0.4 is 0 Å². The Balaban J connectivity index is 1.35. The van der Waals surface area contributed by atoms with Crippen LogP contribution in [0.4, 0.5) is 13.2 Å². The van der Waals surface area contributed by atoms with Crippen molar-refractivity contribution in [3.63, 3.8) is 0 Å². The van der Waals surface area contributed by atoms with Crippen LogP contribution in [0.25, 0.3) is 11.4 Å². The van der Waals surface area contributed by atoms with Crippen molar-refractivity contribution in [3.8, 4) is 11.4 Å². The van der Waals surface area contributed by atoms with Crippen LogP contribution in [0.15, 0.2) is 53.1 Å². The highest BCUT2D eigenvalue weighted by molar-refractivity contribution is 6.22. The number of rotatable bonds is 5. The summed E-state index contributed by atoms with van der Waals surface area (Å²) < 4.78 is 47.8. The van der Waals surface area contributed by atoms with Crippen molar-refractivity contribution in [1.29, 1.82) is 0 Å². The van der Waals surface area contributed by atoms with E-state index in [4.69, 9.17) is 9.26 Å². The molecule has 31 heavy (non-hydrogen) atoms. The molecule has 0 radical (unpaired) electrons. The van der Waals surface area contributed by atoms with E-state index in [1.807, 2.05) is 0 Å². The quantitative estimate of drug-likeness (QED) is 0.452. The topological polar surface area (TPSA) is 103 Å². The highest BCUT2D eigenvalue weighted by Crippen LogP contribution is 2.30. The number of hydrogen-bond donors (Lipinski definition) is 0. The van der Waals surface area contributed by atoms with E-state index < -0.39 is 42.7 Å². The number of carbonyl (C=O) groups excluding carboxylic acids is 3. The maximum atomic E-state index is 12.6. The van der Waals surface area contributed by atoms with E-state index in [2.05, 4.69) is 10.1 Å². The molecule has 0 fully saturated rings. The first kappa shape index (κ1) is 20.3. The standard InChI is InChI=1S/C20H12F3N3O5/c21-20(22,23)12-7-5-11(6-8-12)17-24-15(31-25-17)10-30-16(27)9-26-18(28)13-3-1-2-4-14(13)19(26)29/h1-8H,9-10H2. The average molecular weight is 431 g/mol. The third kappa shape index (κ3) is 4.02. The molecule has 3 aromatic rings. The number of nitrogens with zero attached hydrogens (tertiary/aromatic N) is 3. The lowest BCUT2D eigenvalue weighted by molar-refractivity contribution is -0.146. The number of benzene rings is 2. The second-order valence-electron chi connectivity index (χ2n) is 6.49. The van der Waals surface area contributed by atoms with E-state index in [0.717, 1.165) is 17.0 Å². The molecule has 0 spiro atoms. The van der Waals surface area contributed by atoms with E-state index >= 15 is 0 Å². The molecule has 0 unspecified atom stereocenters. The van der Waals surface area contributed by atoms with Gasteiger partial charge >= 0.3 is 12.1 Å². The van der Waals surface area contributed by atoms with E-state index in [1.54, 1.807) is 12.1 Å². The maximum Gasteiger partial charge on any atom is 0.416 e. The first-order chi connectivity index (χ1) is 14.7. The van der Waals surface area contributed by atoms with Crippen molar-refractivity contribution < 1.29 is 36.8 Å². The maximum absolute atomic E-state index is 12.6. The lowest BCUT2D eigenvalue weighted by Gasteiger charge is -2.12. The number of carbonyl (C=O) groups is 3. The fourth-order valence-electron chi connectivity index (χ4n) is 2.94. The second kappa shape index (κ2) is 7.67. The predicted molar refractivity (Wildman–Crippen MR) is 96.3 cm³/mol. The number of halogens is 3. The molecule has 0 N–H and O–H groups in total. The number of esters is 1. The van der Waals surface area contributed by atoms with Gasteiger partial charge in [0.1, 0.15) is 6.54 Å². The monoisotopic (exact) mass is 431 g/mol. The first-order valence-electron chi connectivity index (χ1n) is 8.85. The minimum absolute atomic E-state index is 0.0140. The second-order valence-corrected chi connectivity index (χ2v) is 6.49. The average Bonchev–Trinajstić information content (AvgIpc) is 3.31. The summed E-state index contributed by atoms with van der Waals surface area (Å²) in [6.07, 6.45) is -4.46. The Morgan fingerprint density at radius 2 is 1.61 bits per heavy atom. The molecular formula is C20H12F3N3O5. The van der Waals surface area contributed by atoms with E-state index in [0.29, 0.717) is 0 Å². The molecule has 1 aliphatic rings. The van der Waals surface area contributed by atoms with Gasteiger partial charge in [0, 0.05) is 5.56 Å². The minimum Gasteiger partial charge on any atom is -0.454 e. The van der Waals surface area contributed by atoms with Crippen LogP contribution >= 0.6 is 0 Å². The molecule has 2 amide bonds. The van der Waals surface area contributed by atoms with Crippen LogP contribution in [-0.4, -0.2) is 39.4 Å². The number of ether oxygens (including phenoxy) is 1. The molecule has 1 aliphatic heterocycles. The molecule has 0 aliphatic carbocycles. The van der Waals surface area contributed by atoms with Crippen LogP contribution in [-0.2, 0) is 22.3 Å². The summed E-state index contributed by atoms with van der Waals surface area (Å²) in [7, 11) is 0. The normalized spacial score (nSPS) is 13.5. The zero-order chi connectivity index (χ0) is 22.2. The fraction of sp³-hybridized carbons (Fsp3) is 0.150. The molecule has 158 valence electrons. The van der Waals surface area contributed by atoms with Gasteiger partial charge in [-0.15, -0.1) is 0 Å². The lowest BCUT2D eigenvalue weighted by atomic mass is 10.1. The highest BCUT2D eigenvalue weighted by atomic mass is 19.4. The van der Waals surface area contributed by atoms with Crippen molar-refractivity contribution in [3.05, 3.63) is 71.1 Å². The molecule has 2 aromatic carbocycles. The minimum atomic E-state index is -4.46. The highest BCUT2D eigenvalue weighted by Gasteiger charge is 2.36. The molecule has 1 aromatic heterocycles. The van der Waals surface area contributed by atoms with Gasteiger partial charge in [0.15, 0.2) is 6.61 Å². The van der Waals surface area contributed by atoms with Crippen molar-refractivity contribution in [2.24, 2.45) is 0 Å². The van der Waals surface area contributed by atoms with Crippen molar-refractivity contribution in [2.45, 2.75) is 12.8 Å². The molecule has 0 saturated carbocycles. The summed E-state index contributed by atoms with van der Waals surface area (Å²) in [5, 5.41) is 3.63. The molecule has 11 heteroatoms. The van der Waals surface area contributed by atoms with Crippen molar-refractivity contribution in [2.75, 3.05) is 6.54 Å². The molecule has 8 nitrogen and oxygen atoms in total. The summed E-state index contributed by atoms with van der Waals surface area (Å²) in [6, 6.07) is 10.3. The zero-order valence-corrected chi connectivity index (χ0v) is 15.5. The van der Waals surface area contributed by atoms with Crippen LogP contribution in [0.3, 0.4) is 0 Å². The largest absolute Gasteiger partial charge is 0.454 e. The third-order valence-corrected chi connectivity index (χ3v) is 4.46. The molecule has 0 saturated heterocycles. The molecule has 0 bridgehead atoms. The predicted octanol–water partition coefficient (Wildman–Crippen LogP) is 3.09. The smallest absolute Gasteiger partial charge is 0.416 e. The Hall–Kier alpha value is -4.02. The van der Waals surface area contributed by atoms with Gasteiger partial charge in [0.2, 0.25) is 5.82 Å². The SMILES string of the molecule is O=C(CN1C(=O)c2ccccc2C1=O)OCc1nc(-c2ccc(C(F)(F)F)cc2)no1. The Morgan fingerprint density at radius 1 is 1.00 bits per heavy atom. The van der Waals surface area contributed by atoms with Gasteiger partial charge in [-0.3, -0.25) is 19.3 Å². The van der Waals surface area contributed by atoms with E-state index in [1.165, 1.54) is 24.3 Å². The van der Waals surface area contributed by atoms with Gasteiger partial charge in [-0.1, -0.05) is 29.4 Å². The van der Waals surface area contributed by atoms with Crippen molar-refractivity contribution in [1.82, 2.24) is 15.0 Å².